The number of nitrogens with two attached hydrogens (primary N) is 1. The number of halogens is 2. The summed E-state index contributed by atoms with van der Waals surface area (Å²) in [6.45, 7) is 0.469. The normalized spacial score (nSPS) is 12.2. The van der Waals surface area contributed by atoms with E-state index in [1.165, 1.54) is 6.07 Å². The van der Waals surface area contributed by atoms with Crippen molar-refractivity contribution >= 4 is 0 Å². The molecule has 0 aliphatic heterocycles. The highest BCUT2D eigenvalue weighted by Gasteiger charge is 2.13. The van der Waals surface area contributed by atoms with Crippen molar-refractivity contribution in [3.05, 3.63) is 65.2 Å². The van der Waals surface area contributed by atoms with Crippen molar-refractivity contribution in [2.45, 2.75) is 12.8 Å². The maximum Gasteiger partial charge on any atom is 0.159 e. The van der Waals surface area contributed by atoms with Crippen LogP contribution < -0.4 is 10.5 Å². The Labute approximate surface area is 123 Å². The lowest BCUT2D eigenvalue weighted by Crippen LogP contribution is -2.19. The molecule has 112 valence electrons. The van der Waals surface area contributed by atoms with Crippen LogP contribution in [0.5, 0.6) is 5.75 Å². The molecule has 0 spiro atoms. The fourth-order valence-corrected chi connectivity index (χ4v) is 2.42. The third-order valence-corrected chi connectivity index (χ3v) is 3.54. The maximum atomic E-state index is 13.3. The predicted molar refractivity (Wildman–Crippen MR) is 79.3 cm³/mol. The average Bonchev–Trinajstić information content (AvgIpc) is 2.50. The second kappa shape index (κ2) is 7.18. The average molecular weight is 291 g/mol. The lowest BCUT2D eigenvalue weighted by atomic mass is 9.92. The van der Waals surface area contributed by atoms with Gasteiger partial charge in [0.15, 0.2) is 11.6 Å². The van der Waals surface area contributed by atoms with Crippen molar-refractivity contribution in [1.82, 2.24) is 0 Å². The Morgan fingerprint density at radius 3 is 2.48 bits per heavy atom. The minimum atomic E-state index is -0.826. The molecule has 0 amide bonds. The Morgan fingerprint density at radius 1 is 1.05 bits per heavy atom. The van der Waals surface area contributed by atoms with Gasteiger partial charge in [-0.3, -0.25) is 0 Å². The van der Waals surface area contributed by atoms with E-state index in [-0.39, 0.29) is 5.92 Å². The molecule has 0 saturated carbocycles. The fourth-order valence-electron chi connectivity index (χ4n) is 2.42. The summed E-state index contributed by atoms with van der Waals surface area (Å²) in [6.07, 6.45) is 1.34. The van der Waals surface area contributed by atoms with E-state index in [0.29, 0.717) is 13.0 Å². The summed E-state index contributed by atoms with van der Waals surface area (Å²) in [5, 5.41) is 0. The SMILES string of the molecule is COc1ccccc1CC(CN)Cc1ccc(F)c(F)c1. The molecule has 2 aromatic rings. The quantitative estimate of drug-likeness (QED) is 0.886. The Morgan fingerprint density at radius 2 is 1.81 bits per heavy atom. The maximum absolute atomic E-state index is 13.3. The first-order chi connectivity index (χ1) is 10.1. The fraction of sp³-hybridized carbons (Fsp3) is 0.294. The van der Waals surface area contributed by atoms with Gasteiger partial charge in [0.1, 0.15) is 5.75 Å². The van der Waals surface area contributed by atoms with Gasteiger partial charge in [-0.05, 0) is 54.6 Å². The molecule has 0 saturated heterocycles. The van der Waals surface area contributed by atoms with E-state index in [2.05, 4.69) is 0 Å². The molecule has 0 bridgehead atoms. The monoisotopic (exact) mass is 291 g/mol. The van der Waals surface area contributed by atoms with Crippen LogP contribution in [0, 0.1) is 17.6 Å². The molecule has 4 heteroatoms. The van der Waals surface area contributed by atoms with Gasteiger partial charge in [0.2, 0.25) is 0 Å². The van der Waals surface area contributed by atoms with Crippen LogP contribution in [-0.4, -0.2) is 13.7 Å². The van der Waals surface area contributed by atoms with Crippen LogP contribution in [0.1, 0.15) is 11.1 Å². The predicted octanol–water partition coefficient (Wildman–Crippen LogP) is 3.33. The van der Waals surface area contributed by atoms with Crippen LogP contribution in [0.2, 0.25) is 0 Å². The van der Waals surface area contributed by atoms with Crippen LogP contribution in [-0.2, 0) is 12.8 Å². The van der Waals surface area contributed by atoms with Crippen LogP contribution in [0.3, 0.4) is 0 Å². The van der Waals surface area contributed by atoms with Crippen molar-refractivity contribution in [3.63, 3.8) is 0 Å². The number of methoxy groups -OCH3 is 1. The molecule has 0 aromatic heterocycles. The van der Waals surface area contributed by atoms with Crippen molar-refractivity contribution in [2.75, 3.05) is 13.7 Å². The molecule has 1 atom stereocenters. The molecule has 2 N–H and O–H groups in total. The number of para-hydroxylation sites is 1. The lowest BCUT2D eigenvalue weighted by molar-refractivity contribution is 0.404. The van der Waals surface area contributed by atoms with E-state index >= 15 is 0 Å². The largest absolute Gasteiger partial charge is 0.496 e. The molecule has 0 heterocycles. The summed E-state index contributed by atoms with van der Waals surface area (Å²) >= 11 is 0. The van der Waals surface area contributed by atoms with Crippen LogP contribution in [0.4, 0.5) is 8.78 Å². The summed E-state index contributed by atoms with van der Waals surface area (Å²) in [5.74, 6) is -0.680. The summed E-state index contributed by atoms with van der Waals surface area (Å²) in [6, 6.07) is 11.7. The zero-order valence-electron chi connectivity index (χ0n) is 12.0. The van der Waals surface area contributed by atoms with Crippen LogP contribution >= 0.6 is 0 Å². The Bertz CT molecular complexity index is 601. The zero-order chi connectivity index (χ0) is 15.2. The number of hydrogen-bond donors (Lipinski definition) is 1. The Kier molecular flexibility index (Phi) is 5.28. The summed E-state index contributed by atoms with van der Waals surface area (Å²) in [7, 11) is 1.63. The van der Waals surface area contributed by atoms with E-state index in [9.17, 15) is 8.78 Å². The van der Waals surface area contributed by atoms with E-state index in [1.807, 2.05) is 24.3 Å². The van der Waals surface area contributed by atoms with Gasteiger partial charge >= 0.3 is 0 Å². The molecule has 2 nitrogen and oxygen atoms in total. The van der Waals surface area contributed by atoms with Gasteiger partial charge in [0.05, 0.1) is 7.11 Å². The van der Waals surface area contributed by atoms with E-state index in [0.717, 1.165) is 29.4 Å². The van der Waals surface area contributed by atoms with Gasteiger partial charge < -0.3 is 10.5 Å². The molecular formula is C17H19F2NO. The number of rotatable bonds is 6. The Balaban J connectivity index is 2.11. The molecule has 2 aromatic carbocycles. The molecule has 0 fully saturated rings. The third kappa shape index (κ3) is 4.02. The molecule has 1 unspecified atom stereocenters. The number of ether oxygens (including phenoxy) is 1. The molecule has 21 heavy (non-hydrogen) atoms. The highest BCUT2D eigenvalue weighted by atomic mass is 19.2. The molecule has 0 aliphatic carbocycles. The van der Waals surface area contributed by atoms with Crippen molar-refractivity contribution in [2.24, 2.45) is 11.7 Å². The molecule has 2 rings (SSSR count). The lowest BCUT2D eigenvalue weighted by Gasteiger charge is -2.17. The zero-order valence-corrected chi connectivity index (χ0v) is 12.0. The summed E-state index contributed by atoms with van der Waals surface area (Å²) in [5.41, 5.74) is 7.64. The van der Waals surface area contributed by atoms with Gasteiger partial charge in [-0.25, -0.2) is 8.78 Å². The first-order valence-corrected chi connectivity index (χ1v) is 6.90. The number of hydrogen-bond acceptors (Lipinski definition) is 2. The molecular weight excluding hydrogens is 272 g/mol. The highest BCUT2D eigenvalue weighted by molar-refractivity contribution is 5.33. The summed E-state index contributed by atoms with van der Waals surface area (Å²) in [4.78, 5) is 0. The van der Waals surface area contributed by atoms with Gasteiger partial charge in [-0.2, -0.15) is 0 Å². The van der Waals surface area contributed by atoms with Gasteiger partial charge in [0.25, 0.3) is 0 Å². The van der Waals surface area contributed by atoms with Crippen LogP contribution in [0.25, 0.3) is 0 Å². The van der Waals surface area contributed by atoms with Crippen molar-refractivity contribution in [3.8, 4) is 5.75 Å². The number of benzene rings is 2. The first-order valence-electron chi connectivity index (χ1n) is 6.90. The van der Waals surface area contributed by atoms with Crippen LogP contribution in [0.15, 0.2) is 42.5 Å². The molecule has 0 radical (unpaired) electrons. The third-order valence-electron chi connectivity index (χ3n) is 3.54. The minimum Gasteiger partial charge on any atom is -0.496 e. The first kappa shape index (κ1) is 15.4. The Hall–Kier alpha value is -1.94. The van der Waals surface area contributed by atoms with E-state index in [1.54, 1.807) is 13.2 Å². The smallest absolute Gasteiger partial charge is 0.159 e. The van der Waals surface area contributed by atoms with Crippen molar-refractivity contribution < 1.29 is 13.5 Å². The standard InChI is InChI=1S/C17H19F2NO/c1-21-17-5-3-2-4-14(17)9-13(11-20)8-12-6-7-15(18)16(19)10-12/h2-7,10,13H,8-9,11,20H2,1H3. The topological polar surface area (TPSA) is 35.2 Å². The van der Waals surface area contributed by atoms with E-state index < -0.39 is 11.6 Å². The summed E-state index contributed by atoms with van der Waals surface area (Å²) < 4.78 is 31.5. The minimum absolute atomic E-state index is 0.145. The van der Waals surface area contributed by atoms with Gasteiger partial charge in [0, 0.05) is 0 Å². The molecule has 0 aliphatic rings. The second-order valence-corrected chi connectivity index (χ2v) is 5.07. The second-order valence-electron chi connectivity index (χ2n) is 5.07. The van der Waals surface area contributed by atoms with Gasteiger partial charge in [-0.1, -0.05) is 24.3 Å². The highest BCUT2D eigenvalue weighted by Crippen LogP contribution is 2.23. The van der Waals surface area contributed by atoms with Crippen molar-refractivity contribution in [1.29, 1.82) is 0 Å². The van der Waals surface area contributed by atoms with E-state index in [4.69, 9.17) is 10.5 Å². The van der Waals surface area contributed by atoms with Gasteiger partial charge in [-0.15, -0.1) is 0 Å².